The van der Waals surface area contributed by atoms with Gasteiger partial charge in [-0.2, -0.15) is 0 Å². The molecule has 0 saturated heterocycles. The average molecular weight is 457 g/mol. The van der Waals surface area contributed by atoms with Gasteiger partial charge in [-0.3, -0.25) is 8.42 Å². The molecule has 0 aliphatic carbocycles. The molecule has 0 aromatic rings. The summed E-state index contributed by atoms with van der Waals surface area (Å²) < 4.78 is 39.4. The molecular weight excluding hydrogens is 414 g/mol. The van der Waals surface area contributed by atoms with Gasteiger partial charge in [0.2, 0.25) is 0 Å². The van der Waals surface area contributed by atoms with Crippen molar-refractivity contribution in [3.8, 4) is 0 Å². The topological polar surface area (TPSA) is 110 Å². The number of aliphatic hydroxyl groups excluding tert-OH is 1. The maximum atomic E-state index is 8.70. The van der Waals surface area contributed by atoms with E-state index in [-0.39, 0.29) is 59.1 Å². The van der Waals surface area contributed by atoms with Gasteiger partial charge in [0.15, 0.2) is 0 Å². The maximum absolute atomic E-state index is 8.70. The quantitative estimate of drug-likeness (QED) is 0.115. The van der Waals surface area contributed by atoms with Crippen molar-refractivity contribution in [3.63, 3.8) is 0 Å². The van der Waals surface area contributed by atoms with Crippen LogP contribution in [-0.2, 0) is 15.1 Å². The molecule has 0 aromatic carbocycles. The summed E-state index contributed by atoms with van der Waals surface area (Å²) in [6.07, 6.45) is 21.7. The van der Waals surface area contributed by atoms with Gasteiger partial charge in [-0.15, -0.1) is 0 Å². The van der Waals surface area contributed by atoms with Crippen LogP contribution in [0.4, 0.5) is 0 Å². The number of hydrogen-bond donors (Lipinski definition) is 1. The third kappa shape index (κ3) is 53.2. The molecule has 0 bridgehead atoms. The van der Waals surface area contributed by atoms with Crippen molar-refractivity contribution in [3.05, 3.63) is 0 Å². The second kappa shape index (κ2) is 32.0. The van der Waals surface area contributed by atoms with Crippen molar-refractivity contribution in [2.45, 2.75) is 110 Å². The van der Waals surface area contributed by atoms with Gasteiger partial charge in [-0.05, 0) is 19.8 Å². The Balaban J connectivity index is -0.000000396. The molecule has 0 unspecified atom stereocenters. The SMILES string of the molecule is CCOCCCCCCCCCCCCCCCCCCO.O=S(=O)([O-])[O-].[Na+].[Na+]. The minimum absolute atomic E-state index is 0. The Morgan fingerprint density at radius 1 is 0.621 bits per heavy atom. The predicted octanol–water partition coefficient (Wildman–Crippen LogP) is -1.07. The first-order valence-electron chi connectivity index (χ1n) is 10.8. The van der Waals surface area contributed by atoms with Gasteiger partial charge in [0.25, 0.3) is 0 Å². The van der Waals surface area contributed by atoms with Gasteiger partial charge in [0.05, 0.1) is 0 Å². The zero-order valence-electron chi connectivity index (χ0n) is 19.3. The third-order valence-corrected chi connectivity index (χ3v) is 4.40. The summed E-state index contributed by atoms with van der Waals surface area (Å²) >= 11 is 0. The van der Waals surface area contributed by atoms with Gasteiger partial charge in [0.1, 0.15) is 0 Å². The normalized spacial score (nSPS) is 10.5. The number of rotatable bonds is 19. The Bertz CT molecular complexity index is 342. The second-order valence-electron chi connectivity index (χ2n) is 6.99. The number of ether oxygens (including phenoxy) is 1. The summed E-state index contributed by atoms with van der Waals surface area (Å²) in [5, 5.41) is 8.70. The molecule has 0 aromatic heterocycles. The molecule has 29 heavy (non-hydrogen) atoms. The smallest absolute Gasteiger partial charge is 0.759 e. The first-order valence-corrected chi connectivity index (χ1v) is 12.1. The van der Waals surface area contributed by atoms with E-state index in [1.807, 2.05) is 0 Å². The molecule has 0 radical (unpaired) electrons. The van der Waals surface area contributed by atoms with E-state index in [4.69, 9.17) is 27.4 Å². The van der Waals surface area contributed by atoms with Gasteiger partial charge in [-0.1, -0.05) is 89.9 Å². The van der Waals surface area contributed by atoms with E-state index >= 15 is 0 Å². The third-order valence-electron chi connectivity index (χ3n) is 4.40. The van der Waals surface area contributed by atoms with E-state index in [0.717, 1.165) is 19.6 Å². The van der Waals surface area contributed by atoms with Crippen LogP contribution in [0.5, 0.6) is 0 Å². The van der Waals surface area contributed by atoms with Gasteiger partial charge >= 0.3 is 59.1 Å². The molecule has 0 aliphatic rings. The van der Waals surface area contributed by atoms with Gasteiger partial charge in [0, 0.05) is 30.2 Å². The fourth-order valence-corrected chi connectivity index (χ4v) is 2.94. The monoisotopic (exact) mass is 456 g/mol. The molecular formula is C20H42Na2O6S. The molecule has 166 valence electrons. The van der Waals surface area contributed by atoms with E-state index in [2.05, 4.69) is 6.92 Å². The van der Waals surface area contributed by atoms with Crippen LogP contribution in [0, 0.1) is 0 Å². The molecule has 0 saturated carbocycles. The minimum Gasteiger partial charge on any atom is -0.759 e. The van der Waals surface area contributed by atoms with Crippen molar-refractivity contribution in [2.75, 3.05) is 19.8 Å². The molecule has 0 fully saturated rings. The van der Waals surface area contributed by atoms with Crippen molar-refractivity contribution in [1.29, 1.82) is 0 Å². The summed E-state index contributed by atoms with van der Waals surface area (Å²) in [5.74, 6) is 0. The Morgan fingerprint density at radius 2 is 0.862 bits per heavy atom. The zero-order valence-corrected chi connectivity index (χ0v) is 24.1. The Hall–Kier alpha value is 1.79. The van der Waals surface area contributed by atoms with Crippen LogP contribution in [0.1, 0.15) is 110 Å². The molecule has 1 N–H and O–H groups in total. The molecule has 0 rings (SSSR count). The summed E-state index contributed by atoms with van der Waals surface area (Å²) in [6.45, 7) is 4.26. The minimum atomic E-state index is -5.17. The largest absolute Gasteiger partial charge is 1.00 e. The van der Waals surface area contributed by atoms with E-state index in [1.165, 1.54) is 96.3 Å². The standard InChI is InChI=1S/C20H42O2.2Na.H2O4S/c1-2-22-20-18-16-14-12-10-8-6-4-3-5-7-9-11-13-15-17-19-21;;;1-5(2,3)4/h21H,2-20H2,1H3;;;(H2,1,2,3,4)/q;2*+1;/p-2. The summed E-state index contributed by atoms with van der Waals surface area (Å²) in [6, 6.07) is 0. The van der Waals surface area contributed by atoms with Crippen LogP contribution >= 0.6 is 0 Å². The van der Waals surface area contributed by atoms with Crippen LogP contribution in [0.25, 0.3) is 0 Å². The van der Waals surface area contributed by atoms with Crippen LogP contribution in [-0.4, -0.2) is 42.5 Å². The first kappa shape index (κ1) is 38.1. The molecule has 9 heteroatoms. The van der Waals surface area contributed by atoms with Gasteiger partial charge < -0.3 is 18.9 Å². The van der Waals surface area contributed by atoms with Crippen LogP contribution < -0.4 is 59.1 Å². The maximum Gasteiger partial charge on any atom is 1.00 e. The van der Waals surface area contributed by atoms with Crippen molar-refractivity contribution in [1.82, 2.24) is 0 Å². The van der Waals surface area contributed by atoms with Crippen LogP contribution in [0.2, 0.25) is 0 Å². The molecule has 6 nitrogen and oxygen atoms in total. The summed E-state index contributed by atoms with van der Waals surface area (Å²) in [7, 11) is -5.17. The van der Waals surface area contributed by atoms with Crippen molar-refractivity contribution >= 4 is 10.4 Å². The molecule has 0 amide bonds. The van der Waals surface area contributed by atoms with Crippen LogP contribution in [0.3, 0.4) is 0 Å². The predicted molar refractivity (Wildman–Crippen MR) is 108 cm³/mol. The fraction of sp³-hybridized carbons (Fsp3) is 1.00. The number of unbranched alkanes of at least 4 members (excludes halogenated alkanes) is 15. The molecule has 0 atom stereocenters. The zero-order chi connectivity index (χ0) is 20.6. The van der Waals surface area contributed by atoms with E-state index in [9.17, 15) is 0 Å². The Kier molecular flexibility index (Phi) is 42.0. The average Bonchev–Trinajstić information content (AvgIpc) is 2.59. The van der Waals surface area contributed by atoms with E-state index in [1.54, 1.807) is 0 Å². The molecule has 0 heterocycles. The van der Waals surface area contributed by atoms with Crippen LogP contribution in [0.15, 0.2) is 0 Å². The Morgan fingerprint density at radius 3 is 1.10 bits per heavy atom. The first-order chi connectivity index (χ1) is 12.9. The second-order valence-corrected chi connectivity index (χ2v) is 7.80. The molecule has 0 aliphatic heterocycles. The van der Waals surface area contributed by atoms with Crippen molar-refractivity contribution in [2.24, 2.45) is 0 Å². The van der Waals surface area contributed by atoms with E-state index in [0.29, 0.717) is 6.61 Å². The Labute approximate surface area is 224 Å². The van der Waals surface area contributed by atoms with E-state index < -0.39 is 10.4 Å². The summed E-state index contributed by atoms with van der Waals surface area (Å²) in [4.78, 5) is 0. The summed E-state index contributed by atoms with van der Waals surface area (Å²) in [5.41, 5.74) is 0. The number of aliphatic hydroxyl groups is 1. The molecule has 0 spiro atoms. The number of hydrogen-bond acceptors (Lipinski definition) is 6. The fourth-order valence-electron chi connectivity index (χ4n) is 2.94. The van der Waals surface area contributed by atoms with Gasteiger partial charge in [-0.25, -0.2) is 0 Å². The van der Waals surface area contributed by atoms with Crippen molar-refractivity contribution < 1.29 is 86.5 Å².